The summed E-state index contributed by atoms with van der Waals surface area (Å²) < 4.78 is 4.78. The Hall–Kier alpha value is -1.75. The van der Waals surface area contributed by atoms with Crippen LogP contribution in [0.15, 0.2) is 18.2 Å². The molecule has 1 aromatic rings. The fourth-order valence-electron chi connectivity index (χ4n) is 2.97. The molecular weight excluding hydrogens is 266 g/mol. The molecule has 0 bridgehead atoms. The minimum Gasteiger partial charge on any atom is -0.465 e. The van der Waals surface area contributed by atoms with Gasteiger partial charge in [-0.1, -0.05) is 13.0 Å². The van der Waals surface area contributed by atoms with Crippen LogP contribution >= 0.6 is 0 Å². The van der Waals surface area contributed by atoms with Crippen LogP contribution < -0.4 is 10.6 Å². The number of ether oxygens (including phenoxy) is 1. The van der Waals surface area contributed by atoms with Gasteiger partial charge in [0.15, 0.2) is 0 Å². The third-order valence-electron chi connectivity index (χ3n) is 4.42. The number of anilines is 2. The zero-order valence-corrected chi connectivity index (χ0v) is 13.1. The first-order valence-electron chi connectivity index (χ1n) is 7.50. The van der Waals surface area contributed by atoms with Gasteiger partial charge in [0.25, 0.3) is 0 Å². The van der Waals surface area contributed by atoms with Gasteiger partial charge in [-0.25, -0.2) is 4.79 Å². The van der Waals surface area contributed by atoms with Crippen LogP contribution in [-0.4, -0.2) is 50.7 Å². The first-order valence-corrected chi connectivity index (χ1v) is 7.50. The van der Waals surface area contributed by atoms with Gasteiger partial charge in [0.05, 0.1) is 24.0 Å². The number of nitrogens with two attached hydrogens (primary N) is 1. The van der Waals surface area contributed by atoms with E-state index in [0.717, 1.165) is 38.2 Å². The van der Waals surface area contributed by atoms with E-state index in [0.29, 0.717) is 17.3 Å². The standard InChI is InChI=1S/C16H25N3O2/c1-4-19-10-8-12(9-11-19)18(2)14-7-5-6-13(15(14)17)16(20)21-3/h5-7,12H,4,8-11,17H2,1-3H3. The van der Waals surface area contributed by atoms with Crippen molar-refractivity contribution >= 4 is 17.3 Å². The fraction of sp³-hybridized carbons (Fsp3) is 0.562. The molecule has 0 amide bonds. The van der Waals surface area contributed by atoms with E-state index in [1.807, 2.05) is 12.1 Å². The van der Waals surface area contributed by atoms with E-state index in [4.69, 9.17) is 10.5 Å². The van der Waals surface area contributed by atoms with Gasteiger partial charge in [0.1, 0.15) is 0 Å². The summed E-state index contributed by atoms with van der Waals surface area (Å²) in [6.07, 6.45) is 2.23. The average molecular weight is 291 g/mol. The van der Waals surface area contributed by atoms with E-state index in [2.05, 4.69) is 23.8 Å². The maximum absolute atomic E-state index is 11.7. The van der Waals surface area contributed by atoms with Gasteiger partial charge in [-0.05, 0) is 31.5 Å². The summed E-state index contributed by atoms with van der Waals surface area (Å²) >= 11 is 0. The topological polar surface area (TPSA) is 58.8 Å². The van der Waals surface area contributed by atoms with Crippen molar-refractivity contribution in [3.8, 4) is 0 Å². The minimum absolute atomic E-state index is 0.386. The van der Waals surface area contributed by atoms with Gasteiger partial charge >= 0.3 is 5.97 Å². The second-order valence-electron chi connectivity index (χ2n) is 5.51. The highest BCUT2D eigenvalue weighted by Crippen LogP contribution is 2.30. The van der Waals surface area contributed by atoms with Gasteiger partial charge in [-0.15, -0.1) is 0 Å². The molecule has 5 nitrogen and oxygen atoms in total. The van der Waals surface area contributed by atoms with Crippen molar-refractivity contribution in [2.75, 3.05) is 44.4 Å². The molecule has 1 saturated heterocycles. The molecule has 0 saturated carbocycles. The number of likely N-dealkylation sites (tertiary alicyclic amines) is 1. The molecule has 0 spiro atoms. The summed E-state index contributed by atoms with van der Waals surface area (Å²) in [5.41, 5.74) is 8.02. The fourth-order valence-corrected chi connectivity index (χ4v) is 2.97. The van der Waals surface area contributed by atoms with Gasteiger partial charge < -0.3 is 20.3 Å². The number of nitrogens with zero attached hydrogens (tertiary/aromatic N) is 2. The van der Waals surface area contributed by atoms with Crippen molar-refractivity contribution in [1.29, 1.82) is 0 Å². The molecule has 0 aromatic heterocycles. The number of carbonyl (C=O) groups is 1. The summed E-state index contributed by atoms with van der Waals surface area (Å²) in [5, 5.41) is 0. The molecule has 2 rings (SSSR count). The highest BCUT2D eigenvalue weighted by atomic mass is 16.5. The molecule has 2 N–H and O–H groups in total. The van der Waals surface area contributed by atoms with E-state index in [1.54, 1.807) is 6.07 Å². The number of hydrogen-bond donors (Lipinski definition) is 1. The number of esters is 1. The van der Waals surface area contributed by atoms with Gasteiger partial charge in [0, 0.05) is 26.2 Å². The largest absolute Gasteiger partial charge is 0.465 e. The summed E-state index contributed by atoms with van der Waals surface area (Å²) in [6, 6.07) is 5.99. The molecule has 5 heteroatoms. The average Bonchev–Trinajstić information content (AvgIpc) is 2.54. The van der Waals surface area contributed by atoms with Crippen molar-refractivity contribution in [3.63, 3.8) is 0 Å². The normalized spacial score (nSPS) is 16.7. The lowest BCUT2D eigenvalue weighted by Gasteiger charge is -2.38. The summed E-state index contributed by atoms with van der Waals surface area (Å²) in [6.45, 7) is 5.53. The van der Waals surface area contributed by atoms with Crippen LogP contribution in [0.1, 0.15) is 30.1 Å². The highest BCUT2D eigenvalue weighted by Gasteiger charge is 2.24. The Kier molecular flexibility index (Phi) is 5.07. The number of methoxy groups -OCH3 is 1. The van der Waals surface area contributed by atoms with Crippen molar-refractivity contribution in [2.24, 2.45) is 0 Å². The molecule has 21 heavy (non-hydrogen) atoms. The van der Waals surface area contributed by atoms with E-state index in [1.165, 1.54) is 7.11 Å². The zero-order valence-electron chi connectivity index (χ0n) is 13.1. The highest BCUT2D eigenvalue weighted by molar-refractivity contribution is 5.98. The van der Waals surface area contributed by atoms with E-state index < -0.39 is 0 Å². The zero-order chi connectivity index (χ0) is 15.4. The molecule has 1 aromatic carbocycles. The predicted octanol–water partition coefficient (Wildman–Crippen LogP) is 1.98. The third kappa shape index (κ3) is 3.29. The Morgan fingerprint density at radius 3 is 2.67 bits per heavy atom. The Balaban J connectivity index is 2.16. The van der Waals surface area contributed by atoms with Crippen LogP contribution in [0.4, 0.5) is 11.4 Å². The number of nitrogen functional groups attached to an aromatic ring is 1. The van der Waals surface area contributed by atoms with E-state index in [9.17, 15) is 4.79 Å². The summed E-state index contributed by atoms with van der Waals surface area (Å²) in [5.74, 6) is -0.386. The molecule has 1 aliphatic rings. The lowest BCUT2D eigenvalue weighted by molar-refractivity contribution is 0.0602. The molecule has 1 fully saturated rings. The van der Waals surface area contributed by atoms with Crippen LogP contribution in [-0.2, 0) is 4.74 Å². The molecule has 1 heterocycles. The number of benzene rings is 1. The first kappa shape index (κ1) is 15.6. The Morgan fingerprint density at radius 1 is 1.43 bits per heavy atom. The van der Waals surface area contributed by atoms with Crippen LogP contribution in [0.25, 0.3) is 0 Å². The number of para-hydroxylation sites is 1. The van der Waals surface area contributed by atoms with Gasteiger partial charge in [0.2, 0.25) is 0 Å². The third-order valence-corrected chi connectivity index (χ3v) is 4.42. The Labute approximate surface area is 126 Å². The van der Waals surface area contributed by atoms with Crippen LogP contribution in [0.5, 0.6) is 0 Å². The number of rotatable bonds is 4. The van der Waals surface area contributed by atoms with E-state index >= 15 is 0 Å². The molecule has 0 aliphatic carbocycles. The molecular formula is C16H25N3O2. The van der Waals surface area contributed by atoms with Crippen molar-refractivity contribution in [2.45, 2.75) is 25.8 Å². The van der Waals surface area contributed by atoms with Crippen LogP contribution in [0, 0.1) is 0 Å². The van der Waals surface area contributed by atoms with Gasteiger partial charge in [-0.2, -0.15) is 0 Å². The molecule has 1 aliphatic heterocycles. The predicted molar refractivity (Wildman–Crippen MR) is 85.7 cm³/mol. The minimum atomic E-state index is -0.386. The number of piperidine rings is 1. The second kappa shape index (κ2) is 6.80. The Bertz CT molecular complexity index is 496. The molecule has 0 atom stereocenters. The lowest BCUT2D eigenvalue weighted by Crippen LogP contribution is -2.43. The van der Waals surface area contributed by atoms with Gasteiger partial charge in [-0.3, -0.25) is 0 Å². The monoisotopic (exact) mass is 291 g/mol. The number of carbonyl (C=O) groups excluding carboxylic acids is 1. The maximum Gasteiger partial charge on any atom is 0.340 e. The molecule has 0 radical (unpaired) electrons. The molecule has 116 valence electrons. The quantitative estimate of drug-likeness (QED) is 0.679. The van der Waals surface area contributed by atoms with Crippen molar-refractivity contribution in [3.05, 3.63) is 23.8 Å². The first-order chi connectivity index (χ1) is 10.1. The van der Waals surface area contributed by atoms with E-state index in [-0.39, 0.29) is 5.97 Å². The van der Waals surface area contributed by atoms with Crippen molar-refractivity contribution in [1.82, 2.24) is 4.90 Å². The SMILES string of the molecule is CCN1CCC(N(C)c2cccc(C(=O)OC)c2N)CC1. The second-order valence-corrected chi connectivity index (χ2v) is 5.51. The van der Waals surface area contributed by atoms with Crippen LogP contribution in [0.2, 0.25) is 0 Å². The molecule has 0 unspecified atom stereocenters. The maximum atomic E-state index is 11.7. The Morgan fingerprint density at radius 2 is 2.10 bits per heavy atom. The van der Waals surface area contributed by atoms with Crippen LogP contribution in [0.3, 0.4) is 0 Å². The van der Waals surface area contributed by atoms with Crippen molar-refractivity contribution < 1.29 is 9.53 Å². The summed E-state index contributed by atoms with van der Waals surface area (Å²) in [4.78, 5) is 16.4. The number of hydrogen-bond acceptors (Lipinski definition) is 5. The summed E-state index contributed by atoms with van der Waals surface area (Å²) in [7, 11) is 3.43. The lowest BCUT2D eigenvalue weighted by atomic mass is 10.0. The smallest absolute Gasteiger partial charge is 0.340 e.